The van der Waals surface area contributed by atoms with Gasteiger partial charge in [0.1, 0.15) is 9.87 Å². The summed E-state index contributed by atoms with van der Waals surface area (Å²) in [5, 5.41) is 10.8. The van der Waals surface area contributed by atoms with Gasteiger partial charge in [0.05, 0.1) is 4.92 Å². The number of amides is 4. The molecule has 0 radical (unpaired) electrons. The van der Waals surface area contributed by atoms with Crippen LogP contribution in [0.25, 0.3) is 0 Å². The Morgan fingerprint density at radius 1 is 1.19 bits per heavy atom. The summed E-state index contributed by atoms with van der Waals surface area (Å²) in [5.74, 6) is -1.24. The van der Waals surface area contributed by atoms with Crippen molar-refractivity contribution in [3.8, 4) is 0 Å². The summed E-state index contributed by atoms with van der Waals surface area (Å²) in [4.78, 5) is 50.5. The van der Waals surface area contributed by atoms with E-state index in [9.17, 15) is 24.5 Å². The number of hydrogen-bond acceptors (Lipinski definition) is 5. The summed E-state index contributed by atoms with van der Waals surface area (Å²) in [7, 11) is 0. The van der Waals surface area contributed by atoms with Gasteiger partial charge in [-0.15, -0.1) is 23.2 Å². The first kappa shape index (κ1) is 19.6. The average Bonchev–Trinajstić information content (AvgIpc) is 3.03. The number of nitro benzene ring substituents is 1. The van der Waals surface area contributed by atoms with E-state index in [1.807, 2.05) is 0 Å². The van der Waals surface area contributed by atoms with Crippen LogP contribution in [0.1, 0.15) is 37.6 Å². The van der Waals surface area contributed by atoms with E-state index in [4.69, 9.17) is 23.2 Å². The van der Waals surface area contributed by atoms with Gasteiger partial charge in [0.25, 0.3) is 17.5 Å². The lowest BCUT2D eigenvalue weighted by Crippen LogP contribution is -2.47. The van der Waals surface area contributed by atoms with Crippen molar-refractivity contribution in [2.24, 2.45) is 5.41 Å². The van der Waals surface area contributed by atoms with Crippen molar-refractivity contribution >= 4 is 46.7 Å². The minimum Gasteiger partial charge on any atom is -0.272 e. The molecule has 27 heavy (non-hydrogen) atoms. The third-order valence-corrected chi connectivity index (χ3v) is 6.33. The van der Waals surface area contributed by atoms with Gasteiger partial charge >= 0.3 is 6.03 Å². The number of non-ortho nitro benzene ring substituents is 1. The number of carbonyl (C=O) groups is 3. The molecule has 1 atom stereocenters. The number of benzene rings is 1. The van der Waals surface area contributed by atoms with Gasteiger partial charge in [0.15, 0.2) is 0 Å². The lowest BCUT2D eigenvalue weighted by Gasteiger charge is -2.25. The Balaban J connectivity index is 1.88. The molecule has 0 aromatic heterocycles. The molecule has 1 heterocycles. The molecule has 2 aliphatic rings. The van der Waals surface area contributed by atoms with E-state index in [-0.39, 0.29) is 17.8 Å². The highest BCUT2D eigenvalue weighted by Gasteiger charge is 2.66. The Morgan fingerprint density at radius 2 is 1.70 bits per heavy atom. The molecule has 0 N–H and O–H groups in total. The van der Waals surface area contributed by atoms with E-state index in [0.717, 1.165) is 9.80 Å². The molecule has 144 valence electrons. The number of rotatable bonds is 4. The zero-order valence-corrected chi connectivity index (χ0v) is 16.4. The number of nitrogens with zero attached hydrogens (tertiary/aromatic N) is 3. The van der Waals surface area contributed by atoms with Crippen LogP contribution in [0.2, 0.25) is 0 Å². The summed E-state index contributed by atoms with van der Waals surface area (Å²) in [6.45, 7) is 4.72. The Labute approximate surface area is 165 Å². The number of urea groups is 1. The van der Waals surface area contributed by atoms with Crippen LogP contribution >= 0.6 is 23.2 Å². The maximum Gasteiger partial charge on any atom is 0.334 e. The molecule has 1 saturated carbocycles. The highest BCUT2D eigenvalue weighted by molar-refractivity contribution is 6.51. The average molecular weight is 414 g/mol. The Kier molecular flexibility index (Phi) is 4.28. The first-order valence-corrected chi connectivity index (χ1v) is 8.90. The van der Waals surface area contributed by atoms with Gasteiger partial charge in [-0.05, 0) is 32.4 Å². The minimum absolute atomic E-state index is 0.00510. The number of nitro groups is 1. The van der Waals surface area contributed by atoms with Gasteiger partial charge in [-0.1, -0.05) is 6.92 Å². The molecule has 1 aliphatic heterocycles. The van der Waals surface area contributed by atoms with Gasteiger partial charge in [-0.3, -0.25) is 24.6 Å². The lowest BCUT2D eigenvalue weighted by atomic mass is 10.0. The zero-order valence-electron chi connectivity index (χ0n) is 14.9. The molecule has 2 fully saturated rings. The van der Waals surface area contributed by atoms with Crippen LogP contribution in [0.5, 0.6) is 0 Å². The van der Waals surface area contributed by atoms with Crippen LogP contribution in [0.4, 0.5) is 10.5 Å². The summed E-state index contributed by atoms with van der Waals surface area (Å²) >= 11 is 12.2. The van der Waals surface area contributed by atoms with Gasteiger partial charge in [-0.2, -0.15) is 0 Å². The predicted molar refractivity (Wildman–Crippen MR) is 97.6 cm³/mol. The molecule has 0 bridgehead atoms. The number of carbonyl (C=O) groups excluding carboxylic acids is 3. The molecule has 4 amide bonds. The van der Waals surface area contributed by atoms with E-state index < -0.39 is 38.1 Å². The Bertz CT molecular complexity index is 868. The van der Waals surface area contributed by atoms with Crippen LogP contribution in [0, 0.1) is 15.5 Å². The third kappa shape index (κ3) is 2.96. The molecular formula is C17H17Cl2N3O5. The number of hydrogen-bond donors (Lipinski definition) is 0. The topological polar surface area (TPSA) is 101 Å². The summed E-state index contributed by atoms with van der Waals surface area (Å²) in [6.07, 6.45) is 0.427. The molecule has 10 heteroatoms. The molecule has 8 nitrogen and oxygen atoms in total. The second-order valence-corrected chi connectivity index (χ2v) is 9.10. The highest BCUT2D eigenvalue weighted by atomic mass is 35.5. The van der Waals surface area contributed by atoms with Gasteiger partial charge in [-0.25, -0.2) is 9.69 Å². The summed E-state index contributed by atoms with van der Waals surface area (Å²) in [5.41, 5.74) is -2.15. The number of halogens is 2. The fourth-order valence-electron chi connectivity index (χ4n) is 3.17. The predicted octanol–water partition coefficient (Wildman–Crippen LogP) is 3.36. The quantitative estimate of drug-likeness (QED) is 0.326. The number of imide groups is 2. The molecule has 1 aliphatic carbocycles. The SMILES string of the molecule is CC1(C)C(=O)N(C[C@]2(C)CC2(Cl)Cl)C(=O)N1C(=O)c1ccc([N+](=O)[O-])cc1. The highest BCUT2D eigenvalue weighted by Crippen LogP contribution is 2.64. The van der Waals surface area contributed by atoms with E-state index >= 15 is 0 Å². The normalized spacial score (nSPS) is 25.7. The van der Waals surface area contributed by atoms with E-state index in [1.54, 1.807) is 6.92 Å². The van der Waals surface area contributed by atoms with Crippen molar-refractivity contribution in [3.63, 3.8) is 0 Å². The van der Waals surface area contributed by atoms with Gasteiger partial charge in [0, 0.05) is 29.7 Å². The summed E-state index contributed by atoms with van der Waals surface area (Å²) < 4.78 is -1.02. The van der Waals surface area contributed by atoms with Crippen LogP contribution in [0.3, 0.4) is 0 Å². The van der Waals surface area contributed by atoms with E-state index in [1.165, 1.54) is 38.1 Å². The largest absolute Gasteiger partial charge is 0.334 e. The first-order valence-electron chi connectivity index (χ1n) is 8.15. The number of alkyl halides is 2. The molecular weight excluding hydrogens is 397 g/mol. The van der Waals surface area contributed by atoms with Crippen LogP contribution in [0.15, 0.2) is 24.3 Å². The van der Waals surface area contributed by atoms with Crippen LogP contribution in [-0.4, -0.2) is 49.0 Å². The van der Waals surface area contributed by atoms with Gasteiger partial charge < -0.3 is 0 Å². The van der Waals surface area contributed by atoms with Crippen molar-refractivity contribution in [2.45, 2.75) is 37.1 Å². The van der Waals surface area contributed by atoms with Crippen molar-refractivity contribution in [3.05, 3.63) is 39.9 Å². The van der Waals surface area contributed by atoms with Crippen LogP contribution in [-0.2, 0) is 4.79 Å². The second-order valence-electron chi connectivity index (χ2n) is 7.62. The molecule has 0 unspecified atom stereocenters. The first-order chi connectivity index (χ1) is 12.3. The Hall–Kier alpha value is -2.19. The Morgan fingerprint density at radius 3 is 2.15 bits per heavy atom. The van der Waals surface area contributed by atoms with Crippen molar-refractivity contribution in [1.29, 1.82) is 0 Å². The zero-order chi connectivity index (χ0) is 20.4. The monoisotopic (exact) mass is 413 g/mol. The fourth-order valence-corrected chi connectivity index (χ4v) is 3.88. The standard InChI is InChI=1S/C17H17Cl2N3O5/c1-15(2)13(24)20(9-16(3)8-17(16,18)19)14(25)21(15)12(23)10-4-6-11(7-5-10)22(26)27/h4-7H,8-9H2,1-3H3/t16-/m0/s1. The molecule has 1 aromatic carbocycles. The van der Waals surface area contributed by atoms with Crippen molar-refractivity contribution < 1.29 is 19.3 Å². The molecule has 3 rings (SSSR count). The maximum atomic E-state index is 12.9. The second kappa shape index (κ2) is 5.90. The third-order valence-electron chi connectivity index (χ3n) is 5.16. The van der Waals surface area contributed by atoms with Gasteiger partial charge in [0.2, 0.25) is 0 Å². The minimum atomic E-state index is -1.40. The summed E-state index contributed by atoms with van der Waals surface area (Å²) in [6, 6.07) is 4.08. The van der Waals surface area contributed by atoms with E-state index in [0.29, 0.717) is 6.42 Å². The van der Waals surface area contributed by atoms with Crippen molar-refractivity contribution in [1.82, 2.24) is 9.80 Å². The molecule has 1 saturated heterocycles. The van der Waals surface area contributed by atoms with E-state index in [2.05, 4.69) is 0 Å². The smallest absolute Gasteiger partial charge is 0.272 e. The van der Waals surface area contributed by atoms with Crippen molar-refractivity contribution in [2.75, 3.05) is 6.54 Å². The molecule has 1 aromatic rings. The fraction of sp³-hybridized carbons (Fsp3) is 0.471. The maximum absolute atomic E-state index is 12.9. The lowest BCUT2D eigenvalue weighted by molar-refractivity contribution is -0.384. The van der Waals surface area contributed by atoms with Crippen LogP contribution < -0.4 is 0 Å². The molecule has 0 spiro atoms.